The Morgan fingerprint density at radius 3 is 3.00 bits per heavy atom. The molecular weight excluding hydrogens is 206 g/mol. The number of hydrogen-bond acceptors (Lipinski definition) is 3. The smallest absolute Gasteiger partial charge is 0.139 e. The molecule has 2 nitrogen and oxygen atoms in total. The third-order valence-corrected chi connectivity index (χ3v) is 1.99. The Labute approximate surface area is 86.5 Å². The van der Waals surface area contributed by atoms with Crippen molar-refractivity contribution in [2.24, 2.45) is 0 Å². The largest absolute Gasteiger partial charge is 0.482 e. The summed E-state index contributed by atoms with van der Waals surface area (Å²) in [5.41, 5.74) is 0.512. The van der Waals surface area contributed by atoms with Crippen LogP contribution in [0, 0.1) is 11.3 Å². The molecule has 0 heterocycles. The molecule has 0 bridgehead atoms. The van der Waals surface area contributed by atoms with Gasteiger partial charge in [0.05, 0.1) is 5.56 Å². The van der Waals surface area contributed by atoms with Gasteiger partial charge in [0, 0.05) is 11.1 Å². The Bertz CT molecular complexity index is 335. The standard InChI is InChI=1S/C9H8ClNOS/c1-13-6-12-9-4-8(10)3-2-7(9)5-11/h2-4H,6H2,1H3. The summed E-state index contributed by atoms with van der Waals surface area (Å²) in [5.74, 6) is 1.07. The summed E-state index contributed by atoms with van der Waals surface area (Å²) < 4.78 is 5.31. The van der Waals surface area contributed by atoms with Crippen LogP contribution in [-0.4, -0.2) is 12.2 Å². The highest BCUT2D eigenvalue weighted by Crippen LogP contribution is 2.23. The fraction of sp³-hybridized carbons (Fsp3) is 0.222. The highest BCUT2D eigenvalue weighted by atomic mass is 35.5. The topological polar surface area (TPSA) is 33.0 Å². The van der Waals surface area contributed by atoms with E-state index in [2.05, 4.69) is 0 Å². The Balaban J connectivity index is 2.89. The highest BCUT2D eigenvalue weighted by molar-refractivity contribution is 7.98. The summed E-state index contributed by atoms with van der Waals surface area (Å²) >= 11 is 7.30. The summed E-state index contributed by atoms with van der Waals surface area (Å²) in [6, 6.07) is 7.01. The van der Waals surface area contributed by atoms with E-state index in [0.717, 1.165) is 0 Å². The molecule has 0 amide bonds. The fourth-order valence-corrected chi connectivity index (χ4v) is 1.24. The van der Waals surface area contributed by atoms with Crippen LogP contribution in [0.1, 0.15) is 5.56 Å². The average Bonchev–Trinajstić information content (AvgIpc) is 2.15. The minimum Gasteiger partial charge on any atom is -0.482 e. The Kier molecular flexibility index (Phi) is 3.94. The Hall–Kier alpha value is -0.850. The van der Waals surface area contributed by atoms with Crippen molar-refractivity contribution in [3.8, 4) is 11.8 Å². The highest BCUT2D eigenvalue weighted by Gasteiger charge is 2.02. The fourth-order valence-electron chi connectivity index (χ4n) is 0.830. The van der Waals surface area contributed by atoms with Crippen LogP contribution in [-0.2, 0) is 0 Å². The molecule has 0 atom stereocenters. The summed E-state index contributed by atoms with van der Waals surface area (Å²) in [7, 11) is 0. The lowest BCUT2D eigenvalue weighted by atomic mass is 10.2. The number of benzene rings is 1. The van der Waals surface area contributed by atoms with E-state index in [1.165, 1.54) is 0 Å². The van der Waals surface area contributed by atoms with Crippen molar-refractivity contribution in [3.05, 3.63) is 28.8 Å². The van der Waals surface area contributed by atoms with Gasteiger partial charge in [-0.15, -0.1) is 11.8 Å². The molecule has 0 aliphatic heterocycles. The maximum atomic E-state index is 8.73. The molecule has 0 radical (unpaired) electrons. The maximum absolute atomic E-state index is 8.73. The van der Waals surface area contributed by atoms with Gasteiger partial charge in [0.25, 0.3) is 0 Å². The van der Waals surface area contributed by atoms with Crippen LogP contribution in [0.3, 0.4) is 0 Å². The van der Waals surface area contributed by atoms with Crippen LogP contribution in [0.25, 0.3) is 0 Å². The zero-order chi connectivity index (χ0) is 9.68. The Morgan fingerprint density at radius 2 is 2.38 bits per heavy atom. The van der Waals surface area contributed by atoms with E-state index in [1.807, 2.05) is 12.3 Å². The van der Waals surface area contributed by atoms with Crippen molar-refractivity contribution in [1.82, 2.24) is 0 Å². The summed E-state index contributed by atoms with van der Waals surface area (Å²) in [4.78, 5) is 0. The predicted octanol–water partition coefficient (Wildman–Crippen LogP) is 2.91. The average molecular weight is 214 g/mol. The molecule has 0 spiro atoms. The van der Waals surface area contributed by atoms with E-state index >= 15 is 0 Å². The van der Waals surface area contributed by atoms with E-state index in [0.29, 0.717) is 22.3 Å². The van der Waals surface area contributed by atoms with Crippen molar-refractivity contribution in [3.63, 3.8) is 0 Å². The number of halogens is 1. The van der Waals surface area contributed by atoms with Gasteiger partial charge in [0.1, 0.15) is 17.8 Å². The molecular formula is C9H8ClNOS. The molecule has 0 aliphatic carbocycles. The van der Waals surface area contributed by atoms with Gasteiger partial charge in [-0.25, -0.2) is 0 Å². The first kappa shape index (κ1) is 10.2. The first-order valence-corrected chi connectivity index (χ1v) is 5.36. The quantitative estimate of drug-likeness (QED) is 0.724. The van der Waals surface area contributed by atoms with Crippen LogP contribution in [0.15, 0.2) is 18.2 Å². The van der Waals surface area contributed by atoms with E-state index in [9.17, 15) is 0 Å². The lowest BCUT2D eigenvalue weighted by molar-refractivity contribution is 0.392. The van der Waals surface area contributed by atoms with Crippen LogP contribution in [0.2, 0.25) is 5.02 Å². The second kappa shape index (κ2) is 5.00. The van der Waals surface area contributed by atoms with Crippen molar-refractivity contribution < 1.29 is 4.74 Å². The lowest BCUT2D eigenvalue weighted by Crippen LogP contribution is -1.94. The number of rotatable bonds is 3. The monoisotopic (exact) mass is 213 g/mol. The molecule has 68 valence electrons. The van der Waals surface area contributed by atoms with Gasteiger partial charge in [-0.2, -0.15) is 5.26 Å². The van der Waals surface area contributed by atoms with E-state index in [-0.39, 0.29) is 0 Å². The summed E-state index contributed by atoms with van der Waals surface area (Å²) in [5, 5.41) is 9.31. The van der Waals surface area contributed by atoms with E-state index in [1.54, 1.807) is 30.0 Å². The third kappa shape index (κ3) is 2.83. The molecule has 0 unspecified atom stereocenters. The maximum Gasteiger partial charge on any atom is 0.139 e. The molecule has 4 heteroatoms. The number of thioether (sulfide) groups is 1. The van der Waals surface area contributed by atoms with Gasteiger partial charge in [-0.05, 0) is 18.4 Å². The minimum atomic E-state index is 0.512. The van der Waals surface area contributed by atoms with Crippen molar-refractivity contribution in [1.29, 1.82) is 5.26 Å². The SMILES string of the molecule is CSCOc1cc(Cl)ccc1C#N. The molecule has 0 saturated heterocycles. The molecule has 0 N–H and O–H groups in total. The molecule has 1 aromatic rings. The second-order valence-electron chi connectivity index (χ2n) is 2.30. The summed E-state index contributed by atoms with van der Waals surface area (Å²) in [6.07, 6.45) is 1.93. The molecule has 1 aromatic carbocycles. The van der Waals surface area contributed by atoms with Gasteiger partial charge in [-0.1, -0.05) is 11.6 Å². The van der Waals surface area contributed by atoms with Crippen LogP contribution in [0.5, 0.6) is 5.75 Å². The first-order valence-electron chi connectivity index (χ1n) is 3.59. The first-order chi connectivity index (χ1) is 6.27. The Morgan fingerprint density at radius 1 is 1.62 bits per heavy atom. The molecule has 13 heavy (non-hydrogen) atoms. The van der Waals surface area contributed by atoms with Crippen LogP contribution in [0.4, 0.5) is 0 Å². The van der Waals surface area contributed by atoms with Crippen molar-refractivity contribution >= 4 is 23.4 Å². The number of ether oxygens (including phenoxy) is 1. The molecule has 0 fully saturated rings. The summed E-state index contributed by atoms with van der Waals surface area (Å²) in [6.45, 7) is 0. The van der Waals surface area contributed by atoms with Gasteiger partial charge < -0.3 is 4.74 Å². The van der Waals surface area contributed by atoms with Gasteiger partial charge in [-0.3, -0.25) is 0 Å². The van der Waals surface area contributed by atoms with E-state index < -0.39 is 0 Å². The zero-order valence-corrected chi connectivity index (χ0v) is 8.65. The van der Waals surface area contributed by atoms with Gasteiger partial charge in [0.2, 0.25) is 0 Å². The number of nitriles is 1. The predicted molar refractivity (Wildman–Crippen MR) is 55.2 cm³/mol. The van der Waals surface area contributed by atoms with Crippen LogP contribution >= 0.6 is 23.4 Å². The van der Waals surface area contributed by atoms with Gasteiger partial charge >= 0.3 is 0 Å². The molecule has 1 rings (SSSR count). The van der Waals surface area contributed by atoms with E-state index in [4.69, 9.17) is 21.6 Å². The number of hydrogen-bond donors (Lipinski definition) is 0. The minimum absolute atomic E-state index is 0.512. The number of nitrogens with zero attached hydrogens (tertiary/aromatic N) is 1. The molecule has 0 saturated carbocycles. The second-order valence-corrected chi connectivity index (χ2v) is 3.55. The van der Waals surface area contributed by atoms with Crippen molar-refractivity contribution in [2.45, 2.75) is 0 Å². The lowest BCUT2D eigenvalue weighted by Gasteiger charge is -2.05. The molecule has 0 aliphatic rings. The molecule has 0 aromatic heterocycles. The van der Waals surface area contributed by atoms with Crippen LogP contribution < -0.4 is 4.74 Å². The zero-order valence-electron chi connectivity index (χ0n) is 7.08. The van der Waals surface area contributed by atoms with Gasteiger partial charge in [0.15, 0.2) is 0 Å². The normalized spacial score (nSPS) is 9.31. The third-order valence-electron chi connectivity index (χ3n) is 1.40. The van der Waals surface area contributed by atoms with Crippen molar-refractivity contribution in [2.75, 3.05) is 12.2 Å².